The lowest BCUT2D eigenvalue weighted by atomic mass is 10.1. The Balaban J connectivity index is 2.57. The van der Waals surface area contributed by atoms with Gasteiger partial charge in [-0.05, 0) is 19.9 Å². The van der Waals surface area contributed by atoms with E-state index in [-0.39, 0.29) is 17.7 Å². The zero-order valence-corrected chi connectivity index (χ0v) is 11.1. The SMILES string of the molecule is CC1=NC(C)CC=NN1C/C=C/C(=O)C(C)C. The summed E-state index contributed by atoms with van der Waals surface area (Å²) in [6.45, 7) is 8.39. The molecule has 0 saturated carbocycles. The van der Waals surface area contributed by atoms with Gasteiger partial charge in [-0.3, -0.25) is 9.79 Å². The van der Waals surface area contributed by atoms with Crippen molar-refractivity contribution in [1.82, 2.24) is 5.01 Å². The first-order chi connectivity index (χ1) is 8.00. The minimum atomic E-state index is 0.0497. The number of aliphatic imine (C=N–C) groups is 1. The van der Waals surface area contributed by atoms with Crippen molar-refractivity contribution in [3.63, 3.8) is 0 Å². The number of rotatable bonds is 4. The van der Waals surface area contributed by atoms with Crippen molar-refractivity contribution in [2.45, 2.75) is 40.2 Å². The molecule has 1 aliphatic rings. The predicted octanol–water partition coefficient (Wildman–Crippen LogP) is 2.27. The number of ketones is 1. The van der Waals surface area contributed by atoms with E-state index < -0.39 is 0 Å². The minimum Gasteiger partial charge on any atom is -0.295 e. The molecule has 0 N–H and O–H groups in total. The fraction of sp³-hybridized carbons (Fsp3) is 0.615. The Hall–Kier alpha value is -1.45. The van der Waals surface area contributed by atoms with E-state index in [4.69, 9.17) is 0 Å². The zero-order valence-electron chi connectivity index (χ0n) is 11.1. The molecule has 0 aromatic rings. The summed E-state index contributed by atoms with van der Waals surface area (Å²) in [5.41, 5.74) is 0. The summed E-state index contributed by atoms with van der Waals surface area (Å²) in [5.74, 6) is 1.09. The van der Waals surface area contributed by atoms with Crippen LogP contribution in [0.4, 0.5) is 0 Å². The van der Waals surface area contributed by atoms with Crippen LogP contribution in [-0.2, 0) is 4.79 Å². The van der Waals surface area contributed by atoms with Crippen molar-refractivity contribution in [2.75, 3.05) is 6.54 Å². The highest BCUT2D eigenvalue weighted by Crippen LogP contribution is 2.05. The molecule has 0 saturated heterocycles. The molecule has 4 nitrogen and oxygen atoms in total. The van der Waals surface area contributed by atoms with Crippen LogP contribution < -0.4 is 0 Å². The molecule has 0 fully saturated rings. The van der Waals surface area contributed by atoms with Gasteiger partial charge in [0.25, 0.3) is 0 Å². The Morgan fingerprint density at radius 2 is 2.35 bits per heavy atom. The number of amidine groups is 1. The number of hydrogen-bond acceptors (Lipinski definition) is 4. The van der Waals surface area contributed by atoms with E-state index in [2.05, 4.69) is 17.0 Å². The Kier molecular flexibility index (Phi) is 5.07. The summed E-state index contributed by atoms with van der Waals surface area (Å²) in [7, 11) is 0. The van der Waals surface area contributed by atoms with Crippen molar-refractivity contribution in [3.05, 3.63) is 12.2 Å². The summed E-state index contributed by atoms with van der Waals surface area (Å²) in [6, 6.07) is 0.282. The minimum absolute atomic E-state index is 0.0497. The molecular formula is C13H21N3O. The number of allylic oxidation sites excluding steroid dienone is 1. The number of nitrogens with zero attached hydrogens (tertiary/aromatic N) is 3. The Labute approximate surface area is 103 Å². The Bertz CT molecular complexity index is 356. The van der Waals surface area contributed by atoms with Crippen molar-refractivity contribution >= 4 is 17.8 Å². The van der Waals surface area contributed by atoms with Crippen molar-refractivity contribution < 1.29 is 4.79 Å². The Morgan fingerprint density at radius 1 is 1.65 bits per heavy atom. The normalized spacial score (nSPS) is 20.9. The van der Waals surface area contributed by atoms with Gasteiger partial charge in [0, 0.05) is 18.6 Å². The summed E-state index contributed by atoms with van der Waals surface area (Å²) < 4.78 is 0. The van der Waals surface area contributed by atoms with E-state index in [1.165, 1.54) is 0 Å². The van der Waals surface area contributed by atoms with E-state index >= 15 is 0 Å². The molecule has 1 aliphatic heterocycles. The molecule has 0 aromatic heterocycles. The van der Waals surface area contributed by atoms with Gasteiger partial charge in [-0.15, -0.1) is 0 Å². The van der Waals surface area contributed by atoms with Gasteiger partial charge in [0.15, 0.2) is 5.78 Å². The largest absolute Gasteiger partial charge is 0.295 e. The van der Waals surface area contributed by atoms with E-state index in [1.807, 2.05) is 38.1 Å². The van der Waals surface area contributed by atoms with Crippen LogP contribution in [0.25, 0.3) is 0 Å². The molecule has 0 aromatic carbocycles. The molecule has 1 atom stereocenters. The number of carbonyl (C=O) groups excluding carboxylic acids is 1. The lowest BCUT2D eigenvalue weighted by Crippen LogP contribution is -2.23. The molecular weight excluding hydrogens is 214 g/mol. The summed E-state index contributed by atoms with van der Waals surface area (Å²) in [4.78, 5) is 15.9. The van der Waals surface area contributed by atoms with Crippen LogP contribution in [0.1, 0.15) is 34.1 Å². The highest BCUT2D eigenvalue weighted by molar-refractivity contribution is 5.91. The summed E-state index contributed by atoms with van der Waals surface area (Å²) >= 11 is 0. The number of hydrogen-bond donors (Lipinski definition) is 0. The third-order valence-electron chi connectivity index (χ3n) is 2.58. The monoisotopic (exact) mass is 235 g/mol. The fourth-order valence-corrected chi connectivity index (χ4v) is 1.46. The van der Waals surface area contributed by atoms with Gasteiger partial charge in [0.1, 0.15) is 5.84 Å². The highest BCUT2D eigenvalue weighted by atomic mass is 16.1. The second kappa shape index (κ2) is 6.33. The van der Waals surface area contributed by atoms with Gasteiger partial charge in [-0.2, -0.15) is 5.10 Å². The first-order valence-electron chi connectivity index (χ1n) is 6.05. The maximum absolute atomic E-state index is 11.4. The van der Waals surface area contributed by atoms with E-state index in [0.29, 0.717) is 6.54 Å². The molecule has 94 valence electrons. The summed E-state index contributed by atoms with van der Waals surface area (Å²) in [5, 5.41) is 6.12. The number of carbonyl (C=O) groups is 1. The van der Waals surface area contributed by atoms with Crippen molar-refractivity contribution in [3.8, 4) is 0 Å². The first-order valence-corrected chi connectivity index (χ1v) is 6.05. The fourth-order valence-electron chi connectivity index (χ4n) is 1.46. The molecule has 4 heteroatoms. The van der Waals surface area contributed by atoms with Crippen LogP contribution >= 0.6 is 0 Å². The second-order valence-corrected chi connectivity index (χ2v) is 4.60. The van der Waals surface area contributed by atoms with Crippen LogP contribution in [0.3, 0.4) is 0 Å². The maximum atomic E-state index is 11.4. The molecule has 0 aliphatic carbocycles. The van der Waals surface area contributed by atoms with Gasteiger partial charge in [0.2, 0.25) is 0 Å². The van der Waals surface area contributed by atoms with Crippen LogP contribution in [0.5, 0.6) is 0 Å². The average molecular weight is 235 g/mol. The van der Waals surface area contributed by atoms with Gasteiger partial charge < -0.3 is 0 Å². The van der Waals surface area contributed by atoms with Crippen LogP contribution in [0, 0.1) is 5.92 Å². The van der Waals surface area contributed by atoms with E-state index in [1.54, 1.807) is 6.08 Å². The van der Waals surface area contributed by atoms with Gasteiger partial charge in [0.05, 0.1) is 12.6 Å². The smallest absolute Gasteiger partial charge is 0.157 e. The van der Waals surface area contributed by atoms with Gasteiger partial charge in [-0.25, -0.2) is 5.01 Å². The van der Waals surface area contributed by atoms with Gasteiger partial charge >= 0.3 is 0 Å². The van der Waals surface area contributed by atoms with Crippen LogP contribution in [0.2, 0.25) is 0 Å². The first kappa shape index (κ1) is 13.6. The molecule has 0 amide bonds. The standard InChI is InChI=1S/C13H21N3O/c1-10(2)13(17)6-5-9-16-12(4)15-11(3)7-8-14-16/h5-6,8,10-11H,7,9H2,1-4H3/b6-5+. The number of hydrazone groups is 1. The second-order valence-electron chi connectivity index (χ2n) is 4.60. The van der Waals surface area contributed by atoms with Crippen molar-refractivity contribution in [1.29, 1.82) is 0 Å². The average Bonchev–Trinajstić information content (AvgIpc) is 2.40. The predicted molar refractivity (Wildman–Crippen MR) is 71.4 cm³/mol. The van der Waals surface area contributed by atoms with E-state index in [0.717, 1.165) is 12.3 Å². The summed E-state index contributed by atoms with van der Waals surface area (Å²) in [6.07, 6.45) is 6.21. The molecule has 1 unspecified atom stereocenters. The lowest BCUT2D eigenvalue weighted by Gasteiger charge is -2.15. The molecule has 17 heavy (non-hydrogen) atoms. The van der Waals surface area contributed by atoms with Gasteiger partial charge in [-0.1, -0.05) is 19.9 Å². The highest BCUT2D eigenvalue weighted by Gasteiger charge is 2.09. The zero-order chi connectivity index (χ0) is 12.8. The third kappa shape index (κ3) is 4.51. The third-order valence-corrected chi connectivity index (χ3v) is 2.58. The quantitative estimate of drug-likeness (QED) is 0.702. The Morgan fingerprint density at radius 3 is 3.00 bits per heavy atom. The molecule has 0 spiro atoms. The molecule has 1 heterocycles. The van der Waals surface area contributed by atoms with E-state index in [9.17, 15) is 4.79 Å². The lowest BCUT2D eigenvalue weighted by molar-refractivity contribution is -0.117. The van der Waals surface area contributed by atoms with Crippen LogP contribution in [-0.4, -0.2) is 35.4 Å². The molecule has 0 bridgehead atoms. The van der Waals surface area contributed by atoms with Crippen molar-refractivity contribution in [2.24, 2.45) is 16.0 Å². The van der Waals surface area contributed by atoms with Crippen LogP contribution in [0.15, 0.2) is 22.2 Å². The maximum Gasteiger partial charge on any atom is 0.157 e. The molecule has 0 radical (unpaired) electrons. The topological polar surface area (TPSA) is 45.0 Å². The molecule has 1 rings (SSSR count).